The number of rotatable bonds is 4. The second-order valence-corrected chi connectivity index (χ2v) is 7.15. The number of anilines is 1. The van der Waals surface area contributed by atoms with Gasteiger partial charge in [0.05, 0.1) is 11.6 Å². The molecule has 128 valence electrons. The first-order valence-electron chi connectivity index (χ1n) is 7.39. The van der Waals surface area contributed by atoms with E-state index in [4.69, 9.17) is 4.74 Å². The third-order valence-electron chi connectivity index (χ3n) is 3.76. The molecule has 2 aromatic rings. The molecule has 0 fully saturated rings. The van der Waals surface area contributed by atoms with Gasteiger partial charge >= 0.3 is 0 Å². The zero-order chi connectivity index (χ0) is 18.6. The molecule has 0 radical (unpaired) electrons. The van der Waals surface area contributed by atoms with E-state index >= 15 is 0 Å². The fourth-order valence-corrected chi connectivity index (χ4v) is 3.70. The third kappa shape index (κ3) is 4.50. The highest BCUT2D eigenvalue weighted by molar-refractivity contribution is 9.11. The van der Waals surface area contributed by atoms with E-state index in [2.05, 4.69) is 37.2 Å². The van der Waals surface area contributed by atoms with Gasteiger partial charge in [-0.05, 0) is 65.2 Å². The Hall–Kier alpha value is -2.10. The van der Waals surface area contributed by atoms with Gasteiger partial charge in [0, 0.05) is 15.7 Å². The lowest BCUT2D eigenvalue weighted by molar-refractivity contribution is -0.112. The predicted molar refractivity (Wildman–Crippen MR) is 107 cm³/mol. The minimum Gasteiger partial charge on any atom is -0.495 e. The number of ether oxygens (including phenoxy) is 1. The molecule has 25 heavy (non-hydrogen) atoms. The standard InChI is InChI=1S/C19H16Br2N2O2/c1-11-5-4-6-17(12(11)2)23-19(24)14(10-22)7-13-8-15(20)9-16(21)18(13)25-3/h4-9H,1-3H3,(H,23,24)/b14-7+. The van der Waals surface area contributed by atoms with Crippen LogP contribution in [-0.2, 0) is 4.79 Å². The van der Waals surface area contributed by atoms with Crippen molar-refractivity contribution in [2.45, 2.75) is 13.8 Å². The van der Waals surface area contributed by atoms with Crippen LogP contribution in [0.3, 0.4) is 0 Å². The number of nitrogens with one attached hydrogen (secondary N) is 1. The predicted octanol–water partition coefficient (Wildman–Crippen LogP) is 5.38. The van der Waals surface area contributed by atoms with E-state index in [-0.39, 0.29) is 5.57 Å². The maximum atomic E-state index is 12.5. The molecule has 6 heteroatoms. The van der Waals surface area contributed by atoms with Gasteiger partial charge in [-0.1, -0.05) is 28.1 Å². The molecule has 0 aliphatic carbocycles. The Balaban J connectivity index is 2.40. The minimum atomic E-state index is -0.464. The Labute approximate surface area is 163 Å². The fraction of sp³-hybridized carbons (Fsp3) is 0.158. The number of carbonyl (C=O) groups is 1. The molecular weight excluding hydrogens is 448 g/mol. The molecule has 0 unspecified atom stereocenters. The molecular formula is C19H16Br2N2O2. The Morgan fingerprint density at radius 2 is 2.00 bits per heavy atom. The van der Waals surface area contributed by atoms with E-state index < -0.39 is 5.91 Å². The number of hydrogen-bond donors (Lipinski definition) is 1. The summed E-state index contributed by atoms with van der Waals surface area (Å²) in [5, 5.41) is 12.2. The molecule has 0 saturated heterocycles. The van der Waals surface area contributed by atoms with Crippen molar-refractivity contribution >= 4 is 49.5 Å². The molecule has 4 nitrogen and oxygen atoms in total. The largest absolute Gasteiger partial charge is 0.495 e. The first-order chi connectivity index (χ1) is 11.9. The van der Waals surface area contributed by atoms with Gasteiger partial charge in [0.2, 0.25) is 0 Å². The average Bonchev–Trinajstić information content (AvgIpc) is 2.56. The second-order valence-electron chi connectivity index (χ2n) is 5.38. The van der Waals surface area contributed by atoms with Crippen molar-refractivity contribution in [2.24, 2.45) is 0 Å². The minimum absolute atomic E-state index is 0.00999. The van der Waals surface area contributed by atoms with Gasteiger partial charge in [-0.15, -0.1) is 0 Å². The molecule has 2 aromatic carbocycles. The summed E-state index contributed by atoms with van der Waals surface area (Å²) in [6, 6.07) is 11.2. The van der Waals surface area contributed by atoms with Crippen LogP contribution >= 0.6 is 31.9 Å². The molecule has 0 heterocycles. The van der Waals surface area contributed by atoms with Gasteiger partial charge in [-0.2, -0.15) is 5.26 Å². The number of carbonyl (C=O) groups excluding carboxylic acids is 1. The highest BCUT2D eigenvalue weighted by Crippen LogP contribution is 2.34. The maximum absolute atomic E-state index is 12.5. The highest BCUT2D eigenvalue weighted by atomic mass is 79.9. The molecule has 0 atom stereocenters. The number of nitriles is 1. The van der Waals surface area contributed by atoms with E-state index in [0.29, 0.717) is 17.0 Å². The van der Waals surface area contributed by atoms with Crippen molar-refractivity contribution in [2.75, 3.05) is 12.4 Å². The van der Waals surface area contributed by atoms with Crippen LogP contribution in [0.25, 0.3) is 6.08 Å². The molecule has 0 aliphatic rings. The van der Waals surface area contributed by atoms with Crippen LogP contribution in [0.15, 0.2) is 44.9 Å². The highest BCUT2D eigenvalue weighted by Gasteiger charge is 2.14. The van der Waals surface area contributed by atoms with Crippen LogP contribution in [0, 0.1) is 25.2 Å². The van der Waals surface area contributed by atoms with Gasteiger partial charge < -0.3 is 10.1 Å². The van der Waals surface area contributed by atoms with E-state index in [9.17, 15) is 10.1 Å². The topological polar surface area (TPSA) is 62.1 Å². The second kappa shape index (κ2) is 8.32. The molecule has 2 rings (SSSR count). The summed E-state index contributed by atoms with van der Waals surface area (Å²) in [6.07, 6.45) is 1.51. The fourth-order valence-electron chi connectivity index (χ4n) is 2.28. The Morgan fingerprint density at radius 3 is 2.64 bits per heavy atom. The molecule has 0 spiro atoms. The first kappa shape index (κ1) is 19.2. The van der Waals surface area contributed by atoms with Crippen LogP contribution in [0.2, 0.25) is 0 Å². The number of hydrogen-bond acceptors (Lipinski definition) is 3. The lowest BCUT2D eigenvalue weighted by atomic mass is 10.1. The summed E-state index contributed by atoms with van der Waals surface area (Å²) in [4.78, 5) is 12.5. The zero-order valence-electron chi connectivity index (χ0n) is 14.0. The van der Waals surface area contributed by atoms with E-state index in [1.165, 1.54) is 13.2 Å². The SMILES string of the molecule is COc1c(Br)cc(Br)cc1/C=C(\C#N)C(=O)Nc1cccc(C)c1C. The van der Waals surface area contributed by atoms with Crippen molar-refractivity contribution < 1.29 is 9.53 Å². The first-order valence-corrected chi connectivity index (χ1v) is 8.98. The van der Waals surface area contributed by atoms with Crippen LogP contribution in [0.4, 0.5) is 5.69 Å². The normalized spacial score (nSPS) is 11.0. The quantitative estimate of drug-likeness (QED) is 0.488. The van der Waals surface area contributed by atoms with Crippen molar-refractivity contribution in [3.63, 3.8) is 0 Å². The summed E-state index contributed by atoms with van der Waals surface area (Å²) in [6.45, 7) is 3.89. The Kier molecular flexibility index (Phi) is 6.40. The lowest BCUT2D eigenvalue weighted by Gasteiger charge is -2.11. The number of amides is 1. The summed E-state index contributed by atoms with van der Waals surface area (Å²) < 4.78 is 6.89. The molecule has 0 saturated carbocycles. The number of methoxy groups -OCH3 is 1. The number of halogens is 2. The number of benzene rings is 2. The summed E-state index contributed by atoms with van der Waals surface area (Å²) in [7, 11) is 1.54. The van der Waals surface area contributed by atoms with Gasteiger partial charge in [0.15, 0.2) is 0 Å². The maximum Gasteiger partial charge on any atom is 0.266 e. The van der Waals surface area contributed by atoms with Gasteiger partial charge in [0.25, 0.3) is 5.91 Å². The van der Waals surface area contributed by atoms with Crippen LogP contribution in [0.1, 0.15) is 16.7 Å². The summed E-state index contributed by atoms with van der Waals surface area (Å²) in [5.74, 6) is 0.0878. The average molecular weight is 464 g/mol. The smallest absolute Gasteiger partial charge is 0.266 e. The van der Waals surface area contributed by atoms with Gasteiger partial charge in [-0.25, -0.2) is 0 Å². The molecule has 1 N–H and O–H groups in total. The van der Waals surface area contributed by atoms with Gasteiger partial charge in [0.1, 0.15) is 17.4 Å². The van der Waals surface area contributed by atoms with Crippen molar-refractivity contribution in [1.82, 2.24) is 0 Å². The number of aryl methyl sites for hydroxylation is 1. The van der Waals surface area contributed by atoms with Crippen LogP contribution in [0.5, 0.6) is 5.75 Å². The van der Waals surface area contributed by atoms with Crippen LogP contribution in [-0.4, -0.2) is 13.0 Å². The van der Waals surface area contributed by atoms with Crippen molar-refractivity contribution in [3.05, 3.63) is 61.5 Å². The Morgan fingerprint density at radius 1 is 1.28 bits per heavy atom. The molecule has 0 aliphatic heterocycles. The van der Waals surface area contributed by atoms with E-state index in [1.807, 2.05) is 44.2 Å². The summed E-state index contributed by atoms with van der Waals surface area (Å²) >= 11 is 6.81. The van der Waals surface area contributed by atoms with Gasteiger partial charge in [-0.3, -0.25) is 4.79 Å². The molecule has 0 aromatic heterocycles. The van der Waals surface area contributed by atoms with Crippen LogP contribution < -0.4 is 10.1 Å². The van der Waals surface area contributed by atoms with E-state index in [0.717, 1.165) is 20.1 Å². The van der Waals surface area contributed by atoms with Crippen molar-refractivity contribution in [3.8, 4) is 11.8 Å². The monoisotopic (exact) mass is 462 g/mol. The third-order valence-corrected chi connectivity index (χ3v) is 4.81. The number of nitrogens with zero attached hydrogens (tertiary/aromatic N) is 1. The molecule has 0 bridgehead atoms. The van der Waals surface area contributed by atoms with E-state index in [1.54, 1.807) is 6.07 Å². The zero-order valence-corrected chi connectivity index (χ0v) is 17.2. The summed E-state index contributed by atoms with van der Waals surface area (Å²) in [5.41, 5.74) is 3.34. The molecule has 1 amide bonds. The van der Waals surface area contributed by atoms with Crippen molar-refractivity contribution in [1.29, 1.82) is 5.26 Å². The Bertz CT molecular complexity index is 899. The lowest BCUT2D eigenvalue weighted by Crippen LogP contribution is -2.14.